The Morgan fingerprint density at radius 2 is 1.35 bits per heavy atom. The van der Waals surface area contributed by atoms with Gasteiger partial charge >= 0.3 is 12.2 Å². The van der Waals surface area contributed by atoms with Crippen LogP contribution in [0.25, 0.3) is 33.6 Å². The van der Waals surface area contributed by atoms with Gasteiger partial charge in [-0.2, -0.15) is 0 Å². The summed E-state index contributed by atoms with van der Waals surface area (Å²) in [6, 6.07) is 11.7. The fourth-order valence-electron chi connectivity index (χ4n) is 8.22. The molecule has 4 N–H and O–H groups in total. The monoisotopic (exact) mass is 780 g/mol. The maximum absolute atomic E-state index is 13.6. The molecule has 4 atom stereocenters. The van der Waals surface area contributed by atoms with Crippen molar-refractivity contribution in [1.82, 2.24) is 40.4 Å². The van der Waals surface area contributed by atoms with E-state index in [4.69, 9.17) is 19.4 Å². The summed E-state index contributed by atoms with van der Waals surface area (Å²) in [5, 5.41) is 5.38. The van der Waals surface area contributed by atoms with Crippen LogP contribution < -0.4 is 10.6 Å². The average molecular weight is 781 g/mol. The quantitative estimate of drug-likeness (QED) is 0.137. The maximum Gasteiger partial charge on any atom is 0.407 e. The molecule has 2 fully saturated rings. The molecular weight excluding hydrogens is 729 g/mol. The van der Waals surface area contributed by atoms with E-state index in [-0.39, 0.29) is 35.7 Å². The molecule has 302 valence electrons. The summed E-state index contributed by atoms with van der Waals surface area (Å²) in [6.07, 6.45) is 6.19. The number of aromatic amines is 2. The number of likely N-dealkylation sites (tertiary alicyclic amines) is 2. The molecule has 4 aromatic rings. The van der Waals surface area contributed by atoms with Crippen LogP contribution in [0.4, 0.5) is 9.59 Å². The first kappa shape index (κ1) is 39.5. The lowest BCUT2D eigenvalue weighted by Gasteiger charge is -2.30. The maximum atomic E-state index is 13.6. The normalized spacial score (nSPS) is 18.7. The highest BCUT2D eigenvalue weighted by atomic mass is 16.5. The number of carbonyl (C=O) groups excluding carboxylic acids is 4. The first-order valence-electron chi connectivity index (χ1n) is 19.7. The van der Waals surface area contributed by atoms with E-state index in [2.05, 4.69) is 61.7 Å². The summed E-state index contributed by atoms with van der Waals surface area (Å²) < 4.78 is 15.6. The number of ether oxygens (including phenoxy) is 3. The minimum absolute atomic E-state index is 0.0312. The van der Waals surface area contributed by atoms with Gasteiger partial charge < -0.3 is 44.6 Å². The second kappa shape index (κ2) is 17.2. The number of methoxy groups -OCH3 is 2. The number of hydrogen-bond acceptors (Lipinski definition) is 9. The number of amides is 4. The molecule has 0 radical (unpaired) electrons. The van der Waals surface area contributed by atoms with Gasteiger partial charge in [0.05, 0.1) is 63.3 Å². The number of hydrogen-bond donors (Lipinski definition) is 4. The van der Waals surface area contributed by atoms with Gasteiger partial charge in [0.1, 0.15) is 17.7 Å². The van der Waals surface area contributed by atoms with Crippen molar-refractivity contribution in [3.8, 4) is 33.6 Å². The number of H-pyrrole nitrogens is 2. The molecule has 0 spiro atoms. The van der Waals surface area contributed by atoms with E-state index in [0.29, 0.717) is 45.1 Å². The minimum Gasteiger partial charge on any atom is -0.453 e. The molecule has 3 aliphatic heterocycles. The van der Waals surface area contributed by atoms with Crippen LogP contribution in [0.15, 0.2) is 48.8 Å². The second-order valence-electron chi connectivity index (χ2n) is 15.6. The Labute approximate surface area is 332 Å². The van der Waals surface area contributed by atoms with E-state index < -0.39 is 18.2 Å². The molecule has 2 aromatic heterocycles. The number of imidazole rings is 2. The number of rotatable bonds is 11. The van der Waals surface area contributed by atoms with Crippen molar-refractivity contribution in [3.05, 3.63) is 71.6 Å². The number of benzene rings is 2. The van der Waals surface area contributed by atoms with Gasteiger partial charge in [-0.3, -0.25) is 9.59 Å². The van der Waals surface area contributed by atoms with Crippen molar-refractivity contribution >= 4 is 24.0 Å². The molecule has 0 bridgehead atoms. The smallest absolute Gasteiger partial charge is 0.407 e. The molecule has 0 aliphatic carbocycles. The molecule has 5 heterocycles. The molecule has 4 unspecified atom stereocenters. The average Bonchev–Trinajstić information content (AvgIpc) is 4.04. The van der Waals surface area contributed by atoms with Gasteiger partial charge in [-0.25, -0.2) is 19.6 Å². The van der Waals surface area contributed by atoms with Crippen LogP contribution in [-0.4, -0.2) is 93.6 Å². The molecule has 57 heavy (non-hydrogen) atoms. The van der Waals surface area contributed by atoms with Crippen LogP contribution in [0, 0.1) is 11.8 Å². The Kier molecular flexibility index (Phi) is 11.9. The van der Waals surface area contributed by atoms with Crippen LogP contribution >= 0.6 is 0 Å². The SMILES string of the molecule is COC(=O)NCC(C)CC(=O)N1CCCC1c1ncc(-c2ccc3c(c2)COCc2cc(-c4cnc(C5CCCN5C(=O)C(NC(=O)OC)C(C)C)[nH]4)ccc2-3)[nH]1. The van der Waals surface area contributed by atoms with Gasteiger partial charge in [-0.1, -0.05) is 45.0 Å². The molecule has 15 heteroatoms. The third-order valence-electron chi connectivity index (χ3n) is 11.3. The van der Waals surface area contributed by atoms with Gasteiger partial charge in [0.25, 0.3) is 0 Å². The lowest BCUT2D eigenvalue weighted by Crippen LogP contribution is -2.51. The zero-order valence-electron chi connectivity index (χ0n) is 33.2. The predicted octanol–water partition coefficient (Wildman–Crippen LogP) is 6.25. The highest BCUT2D eigenvalue weighted by Crippen LogP contribution is 2.38. The van der Waals surface area contributed by atoms with Gasteiger partial charge in [-0.15, -0.1) is 0 Å². The molecule has 3 aliphatic rings. The first-order valence-corrected chi connectivity index (χ1v) is 19.7. The number of carbonyl (C=O) groups is 4. The summed E-state index contributed by atoms with van der Waals surface area (Å²) >= 11 is 0. The lowest BCUT2D eigenvalue weighted by molar-refractivity contribution is -0.135. The zero-order chi connectivity index (χ0) is 40.2. The van der Waals surface area contributed by atoms with E-state index in [1.807, 2.05) is 43.0 Å². The standard InChI is InChI=1S/C42H52N8O7/c1-24(2)37(48-42(54)56-5)40(52)50-15-7-9-35(50)39-44-21-33(47-39)27-11-13-31-29(18-27)23-57-22-28-17-26(10-12-30(28)31)32-20-43-38(46-32)34-8-6-14-49(34)36(51)16-25(3)19-45-41(53)55-4/h10-13,17-18,20-21,24-25,34-35,37H,6-9,14-16,19,22-23H2,1-5H3,(H,43,46)(H,44,47)(H,45,53)(H,48,54). The van der Waals surface area contributed by atoms with E-state index in [1.54, 1.807) is 0 Å². The summed E-state index contributed by atoms with van der Waals surface area (Å²) in [6.45, 7) is 8.26. The van der Waals surface area contributed by atoms with Crippen molar-refractivity contribution in [2.45, 2.75) is 84.2 Å². The molecule has 0 saturated carbocycles. The van der Waals surface area contributed by atoms with Crippen LogP contribution in [0.1, 0.15) is 87.7 Å². The predicted molar refractivity (Wildman–Crippen MR) is 211 cm³/mol. The number of aromatic nitrogens is 4. The third kappa shape index (κ3) is 8.53. The molecule has 7 rings (SSSR count). The topological polar surface area (TPSA) is 184 Å². The fourth-order valence-corrected chi connectivity index (χ4v) is 8.22. The van der Waals surface area contributed by atoms with Crippen LogP contribution in [0.2, 0.25) is 0 Å². The van der Waals surface area contributed by atoms with Gasteiger partial charge in [-0.05, 0) is 83.0 Å². The number of nitrogens with zero attached hydrogens (tertiary/aromatic N) is 4. The summed E-state index contributed by atoms with van der Waals surface area (Å²) in [5.41, 5.74) is 8.01. The van der Waals surface area contributed by atoms with Crippen LogP contribution in [0.3, 0.4) is 0 Å². The van der Waals surface area contributed by atoms with E-state index in [9.17, 15) is 19.2 Å². The molecule has 2 saturated heterocycles. The van der Waals surface area contributed by atoms with Gasteiger partial charge in [0.15, 0.2) is 0 Å². The van der Waals surface area contributed by atoms with Crippen molar-refractivity contribution in [2.75, 3.05) is 33.9 Å². The molecule has 15 nitrogen and oxygen atoms in total. The van der Waals surface area contributed by atoms with Crippen molar-refractivity contribution in [1.29, 1.82) is 0 Å². The van der Waals surface area contributed by atoms with E-state index >= 15 is 0 Å². The minimum atomic E-state index is -0.696. The highest BCUT2D eigenvalue weighted by Gasteiger charge is 2.38. The largest absolute Gasteiger partial charge is 0.453 e. The highest BCUT2D eigenvalue weighted by molar-refractivity contribution is 5.86. The summed E-state index contributed by atoms with van der Waals surface area (Å²) in [4.78, 5) is 70.5. The van der Waals surface area contributed by atoms with Crippen LogP contribution in [0.5, 0.6) is 0 Å². The Morgan fingerprint density at radius 1 is 0.807 bits per heavy atom. The number of nitrogens with one attached hydrogen (secondary N) is 4. The molecule has 2 aromatic carbocycles. The van der Waals surface area contributed by atoms with E-state index in [0.717, 1.165) is 76.3 Å². The van der Waals surface area contributed by atoms with Crippen LogP contribution in [-0.2, 0) is 37.0 Å². The third-order valence-corrected chi connectivity index (χ3v) is 11.3. The van der Waals surface area contributed by atoms with Crippen molar-refractivity contribution in [2.24, 2.45) is 11.8 Å². The summed E-state index contributed by atoms with van der Waals surface area (Å²) in [7, 11) is 2.61. The lowest BCUT2D eigenvalue weighted by atomic mass is 9.93. The van der Waals surface area contributed by atoms with Gasteiger partial charge in [0, 0.05) is 26.1 Å². The Bertz CT molecular complexity index is 2110. The Balaban J connectivity index is 1.04. The Morgan fingerprint density at radius 3 is 1.89 bits per heavy atom. The fraction of sp³-hybridized carbons (Fsp3) is 0.476. The van der Waals surface area contributed by atoms with E-state index in [1.165, 1.54) is 14.2 Å². The van der Waals surface area contributed by atoms with Crippen molar-refractivity contribution in [3.63, 3.8) is 0 Å². The van der Waals surface area contributed by atoms with Crippen molar-refractivity contribution < 1.29 is 33.4 Å². The number of fused-ring (bicyclic) bond motifs is 3. The second-order valence-corrected chi connectivity index (χ2v) is 15.6. The Hall–Kier alpha value is -5.70. The summed E-state index contributed by atoms with van der Waals surface area (Å²) in [5.74, 6) is 1.24. The first-order chi connectivity index (χ1) is 27.5. The molecular formula is C42H52N8O7. The molecule has 4 amide bonds. The zero-order valence-corrected chi connectivity index (χ0v) is 33.2. The van der Waals surface area contributed by atoms with Gasteiger partial charge in [0.2, 0.25) is 11.8 Å². The number of alkyl carbamates (subject to hydrolysis) is 2.